The molecule has 156 valence electrons. The Balaban J connectivity index is 1.66. The van der Waals surface area contributed by atoms with Crippen molar-refractivity contribution in [2.24, 2.45) is 5.92 Å². The number of H-pyrrole nitrogens is 1. The maximum atomic E-state index is 12.7. The third-order valence-electron chi connectivity index (χ3n) is 5.70. The number of imide groups is 1. The van der Waals surface area contributed by atoms with Gasteiger partial charge >= 0.3 is 12.0 Å². The lowest BCUT2D eigenvalue weighted by atomic mass is 9.96. The van der Waals surface area contributed by atoms with Crippen molar-refractivity contribution in [1.82, 2.24) is 15.2 Å². The number of hydrogen-bond acceptors (Lipinski definition) is 6. The van der Waals surface area contributed by atoms with Gasteiger partial charge < -0.3 is 15.0 Å². The molecule has 1 aromatic rings. The van der Waals surface area contributed by atoms with Crippen LogP contribution in [-0.4, -0.2) is 57.5 Å². The van der Waals surface area contributed by atoms with E-state index in [-0.39, 0.29) is 17.4 Å². The minimum Gasteiger partial charge on any atom is -0.453 e. The zero-order valence-electron chi connectivity index (χ0n) is 17.2. The molecule has 2 atom stereocenters. The van der Waals surface area contributed by atoms with E-state index < -0.39 is 41.9 Å². The molecule has 1 saturated carbocycles. The number of aryl methyl sites for hydroxylation is 1. The number of urea groups is 1. The van der Waals surface area contributed by atoms with Gasteiger partial charge in [-0.25, -0.2) is 4.79 Å². The van der Waals surface area contributed by atoms with E-state index in [0.29, 0.717) is 16.8 Å². The highest BCUT2D eigenvalue weighted by molar-refractivity contribution is 6.09. The molecule has 2 aliphatic rings. The smallest absolute Gasteiger partial charge is 0.326 e. The molecule has 0 radical (unpaired) electrons. The van der Waals surface area contributed by atoms with Crippen molar-refractivity contribution in [1.29, 1.82) is 0 Å². The molecule has 2 N–H and O–H groups in total. The van der Waals surface area contributed by atoms with Crippen molar-refractivity contribution in [3.8, 4) is 0 Å². The van der Waals surface area contributed by atoms with Gasteiger partial charge in [-0.3, -0.25) is 24.1 Å². The Morgan fingerprint density at radius 2 is 1.86 bits per heavy atom. The number of carbonyl (C=O) groups excluding carboxylic acids is 5. The standard InChI is InChI=1S/C20H25N3O6/c1-9-15(11(3)24)10(2)21-16(9)17(26)12(4)29-14(25)8-23-18(27)20(5,13-6-7-13)22-19(23)28/h12-13,21H,6-8H2,1-5H3,(H,22,28)/t12-,20+/m0/s1. The predicted molar refractivity (Wildman–Crippen MR) is 102 cm³/mol. The molecule has 2 fully saturated rings. The lowest BCUT2D eigenvalue weighted by Gasteiger charge is -2.21. The number of esters is 1. The van der Waals surface area contributed by atoms with Crippen LogP contribution in [0, 0.1) is 19.8 Å². The second-order valence-electron chi connectivity index (χ2n) is 7.98. The van der Waals surface area contributed by atoms with E-state index in [1.165, 1.54) is 13.8 Å². The van der Waals surface area contributed by atoms with Gasteiger partial charge in [-0.05, 0) is 58.9 Å². The van der Waals surface area contributed by atoms with Crippen LogP contribution < -0.4 is 5.32 Å². The summed E-state index contributed by atoms with van der Waals surface area (Å²) in [5.41, 5.74) is 0.712. The largest absolute Gasteiger partial charge is 0.453 e. The van der Waals surface area contributed by atoms with Gasteiger partial charge in [-0.1, -0.05) is 0 Å². The predicted octanol–water partition coefficient (Wildman–Crippen LogP) is 1.67. The normalized spacial score (nSPS) is 22.4. The molecule has 0 aromatic carbocycles. The SMILES string of the molecule is CC(=O)c1c(C)[nH]c(C(=O)[C@H](C)OC(=O)CN2C(=O)N[C@](C)(C3CC3)C2=O)c1C. The van der Waals surface area contributed by atoms with Gasteiger partial charge in [0.15, 0.2) is 11.9 Å². The van der Waals surface area contributed by atoms with Gasteiger partial charge in [0.2, 0.25) is 5.78 Å². The van der Waals surface area contributed by atoms with Gasteiger partial charge in [0.25, 0.3) is 5.91 Å². The van der Waals surface area contributed by atoms with Crippen molar-refractivity contribution in [2.75, 3.05) is 6.54 Å². The lowest BCUT2D eigenvalue weighted by molar-refractivity contribution is -0.150. The highest BCUT2D eigenvalue weighted by Crippen LogP contribution is 2.42. The van der Waals surface area contributed by atoms with Gasteiger partial charge in [0.05, 0.1) is 5.69 Å². The first-order chi connectivity index (χ1) is 13.5. The Labute approximate surface area is 168 Å². The molecule has 9 heteroatoms. The fourth-order valence-corrected chi connectivity index (χ4v) is 3.94. The van der Waals surface area contributed by atoms with Crippen LogP contribution in [0.2, 0.25) is 0 Å². The van der Waals surface area contributed by atoms with Crippen molar-refractivity contribution >= 4 is 29.5 Å². The van der Waals surface area contributed by atoms with E-state index in [0.717, 1.165) is 17.7 Å². The highest BCUT2D eigenvalue weighted by atomic mass is 16.5. The van der Waals surface area contributed by atoms with Crippen LogP contribution in [0.4, 0.5) is 4.79 Å². The zero-order chi connectivity index (χ0) is 21.7. The summed E-state index contributed by atoms with van der Waals surface area (Å²) < 4.78 is 5.17. The minimum absolute atomic E-state index is 0.0787. The molecule has 1 saturated heterocycles. The van der Waals surface area contributed by atoms with Crippen molar-refractivity contribution in [3.63, 3.8) is 0 Å². The first-order valence-corrected chi connectivity index (χ1v) is 9.55. The first-order valence-electron chi connectivity index (χ1n) is 9.55. The number of carbonyl (C=O) groups is 5. The van der Waals surface area contributed by atoms with E-state index in [1.807, 2.05) is 0 Å². The number of Topliss-reactive ketones (excluding diaryl/α,β-unsaturated/α-hetero) is 2. The minimum atomic E-state index is -1.14. The lowest BCUT2D eigenvalue weighted by Crippen LogP contribution is -2.46. The fourth-order valence-electron chi connectivity index (χ4n) is 3.94. The highest BCUT2D eigenvalue weighted by Gasteiger charge is 2.56. The molecule has 0 spiro atoms. The third kappa shape index (κ3) is 3.56. The second-order valence-corrected chi connectivity index (χ2v) is 7.98. The Morgan fingerprint density at radius 1 is 1.24 bits per heavy atom. The monoisotopic (exact) mass is 403 g/mol. The van der Waals surface area contributed by atoms with Crippen LogP contribution >= 0.6 is 0 Å². The van der Waals surface area contributed by atoms with E-state index in [2.05, 4.69) is 10.3 Å². The van der Waals surface area contributed by atoms with Gasteiger partial charge in [0, 0.05) is 11.3 Å². The summed E-state index contributed by atoms with van der Waals surface area (Å²) >= 11 is 0. The number of rotatable bonds is 7. The number of nitrogens with one attached hydrogen (secondary N) is 2. The molecule has 29 heavy (non-hydrogen) atoms. The molecule has 3 amide bonds. The van der Waals surface area contributed by atoms with E-state index >= 15 is 0 Å². The number of ether oxygens (including phenoxy) is 1. The van der Waals surface area contributed by atoms with Crippen LogP contribution in [0.15, 0.2) is 0 Å². The maximum Gasteiger partial charge on any atom is 0.326 e. The van der Waals surface area contributed by atoms with Crippen LogP contribution in [0.25, 0.3) is 0 Å². The van der Waals surface area contributed by atoms with Crippen LogP contribution in [0.5, 0.6) is 0 Å². The summed E-state index contributed by atoms with van der Waals surface area (Å²) in [5.74, 6) is -1.90. The quantitative estimate of drug-likeness (QED) is 0.405. The van der Waals surface area contributed by atoms with Crippen molar-refractivity contribution < 1.29 is 28.7 Å². The Morgan fingerprint density at radius 3 is 2.38 bits per heavy atom. The number of aromatic amines is 1. The molecule has 3 rings (SSSR count). The van der Waals surface area contributed by atoms with E-state index in [9.17, 15) is 24.0 Å². The topological polar surface area (TPSA) is 126 Å². The van der Waals surface area contributed by atoms with Gasteiger partial charge in [0.1, 0.15) is 12.1 Å². The Bertz CT molecular complexity index is 929. The summed E-state index contributed by atoms with van der Waals surface area (Å²) in [4.78, 5) is 65.1. The number of nitrogens with zero attached hydrogens (tertiary/aromatic N) is 1. The average Bonchev–Trinajstić information content (AvgIpc) is 3.40. The summed E-state index contributed by atoms with van der Waals surface area (Å²) in [6.07, 6.45) is 0.558. The number of aromatic nitrogens is 1. The molecule has 1 aromatic heterocycles. The molecule has 1 aliphatic heterocycles. The number of hydrogen-bond donors (Lipinski definition) is 2. The Kier molecular flexibility index (Phi) is 5.10. The summed E-state index contributed by atoms with van der Waals surface area (Å²) in [6.45, 7) is 7.24. The fraction of sp³-hybridized carbons (Fsp3) is 0.550. The van der Waals surface area contributed by atoms with Gasteiger partial charge in [-0.15, -0.1) is 0 Å². The summed E-state index contributed by atoms with van der Waals surface area (Å²) in [5, 5.41) is 2.65. The maximum absolute atomic E-state index is 12.7. The molecule has 9 nitrogen and oxygen atoms in total. The summed E-state index contributed by atoms with van der Waals surface area (Å²) in [6, 6.07) is -0.637. The van der Waals surface area contributed by atoms with Crippen molar-refractivity contribution in [3.05, 3.63) is 22.5 Å². The molecule has 0 unspecified atom stereocenters. The molecular weight excluding hydrogens is 378 g/mol. The van der Waals surface area contributed by atoms with Gasteiger partial charge in [-0.2, -0.15) is 0 Å². The zero-order valence-corrected chi connectivity index (χ0v) is 17.2. The second kappa shape index (κ2) is 7.13. The molecule has 0 bridgehead atoms. The van der Waals surface area contributed by atoms with Crippen LogP contribution in [0.1, 0.15) is 65.7 Å². The van der Waals surface area contributed by atoms with Crippen molar-refractivity contribution in [2.45, 2.75) is 59.1 Å². The van der Waals surface area contributed by atoms with Crippen LogP contribution in [-0.2, 0) is 14.3 Å². The number of amides is 3. The first kappa shape index (κ1) is 20.8. The number of ketones is 2. The van der Waals surface area contributed by atoms with E-state index in [1.54, 1.807) is 20.8 Å². The Hall–Kier alpha value is -2.97. The third-order valence-corrected chi connectivity index (χ3v) is 5.70. The van der Waals surface area contributed by atoms with E-state index in [4.69, 9.17) is 4.74 Å². The molecule has 1 aliphatic carbocycles. The molecular formula is C20H25N3O6. The summed E-state index contributed by atoms with van der Waals surface area (Å²) in [7, 11) is 0. The average molecular weight is 403 g/mol. The molecule has 2 heterocycles. The van der Waals surface area contributed by atoms with Crippen LogP contribution in [0.3, 0.4) is 0 Å².